The van der Waals surface area contributed by atoms with Gasteiger partial charge in [-0.3, -0.25) is 9.47 Å². The summed E-state index contributed by atoms with van der Waals surface area (Å²) < 4.78 is 7.18. The standard InChI is InChI=1S/C16H26BrN5O5/c1-15(2,3)27-14(23)20-7-5-19(6-8-20)10-16(4,24)11-21-9-12(22(25)26)18-13(21)17/h9,24H,5-8,10-11H2,1-4H3. The molecule has 0 radical (unpaired) electrons. The van der Waals surface area contributed by atoms with Gasteiger partial charge in [-0.2, -0.15) is 0 Å². The average Bonchev–Trinajstić information content (AvgIpc) is 2.86. The lowest BCUT2D eigenvalue weighted by Crippen LogP contribution is -2.54. The van der Waals surface area contributed by atoms with Gasteiger partial charge in [-0.1, -0.05) is 0 Å². The second-order valence-corrected chi connectivity index (χ2v) is 8.70. The number of aliphatic hydroxyl groups is 1. The summed E-state index contributed by atoms with van der Waals surface area (Å²) in [5.41, 5.74) is -1.65. The fourth-order valence-electron chi connectivity index (χ4n) is 2.89. The number of nitrogens with zero attached hydrogens (tertiary/aromatic N) is 5. The summed E-state index contributed by atoms with van der Waals surface area (Å²) in [5, 5.41) is 21.6. The second kappa shape index (κ2) is 8.11. The number of nitro groups is 1. The van der Waals surface area contributed by atoms with Crippen LogP contribution in [0.25, 0.3) is 0 Å². The van der Waals surface area contributed by atoms with Crippen LogP contribution in [0.3, 0.4) is 0 Å². The highest BCUT2D eigenvalue weighted by Gasteiger charge is 2.31. The summed E-state index contributed by atoms with van der Waals surface area (Å²) in [7, 11) is 0. The molecule has 0 aliphatic carbocycles. The van der Waals surface area contributed by atoms with Crippen molar-refractivity contribution in [3.63, 3.8) is 0 Å². The predicted octanol–water partition coefficient (Wildman–Crippen LogP) is 1.86. The summed E-state index contributed by atoms with van der Waals surface area (Å²) in [6.07, 6.45) is 0.961. The Bertz CT molecular complexity index is 692. The molecule has 1 atom stereocenters. The zero-order chi connectivity index (χ0) is 20.4. The van der Waals surface area contributed by atoms with E-state index in [9.17, 15) is 20.0 Å². The average molecular weight is 448 g/mol. The number of piperazine rings is 1. The maximum Gasteiger partial charge on any atom is 0.410 e. The monoisotopic (exact) mass is 447 g/mol. The molecule has 0 aromatic carbocycles. The van der Waals surface area contributed by atoms with Crippen molar-refractivity contribution in [2.75, 3.05) is 32.7 Å². The Balaban J connectivity index is 1.88. The number of carbonyl (C=O) groups is 1. The first-order valence-corrected chi connectivity index (χ1v) is 9.45. The number of aromatic nitrogens is 2. The number of rotatable bonds is 5. The first kappa shape index (κ1) is 21.6. The van der Waals surface area contributed by atoms with Gasteiger partial charge in [0.15, 0.2) is 0 Å². The van der Waals surface area contributed by atoms with Crippen molar-refractivity contribution in [2.45, 2.75) is 45.4 Å². The molecule has 1 amide bonds. The van der Waals surface area contributed by atoms with E-state index in [-0.39, 0.29) is 18.5 Å². The third-order valence-electron chi connectivity index (χ3n) is 4.00. The summed E-state index contributed by atoms with van der Waals surface area (Å²) in [4.78, 5) is 29.9. The van der Waals surface area contributed by atoms with Crippen molar-refractivity contribution in [1.82, 2.24) is 19.4 Å². The van der Waals surface area contributed by atoms with Crippen LogP contribution in [0.5, 0.6) is 0 Å². The van der Waals surface area contributed by atoms with Crippen LogP contribution < -0.4 is 0 Å². The van der Waals surface area contributed by atoms with Crippen molar-refractivity contribution in [3.8, 4) is 0 Å². The van der Waals surface area contributed by atoms with Crippen LogP contribution in [0.1, 0.15) is 27.7 Å². The van der Waals surface area contributed by atoms with Crippen molar-refractivity contribution in [3.05, 3.63) is 21.0 Å². The molecular formula is C16H26BrN5O5. The number of carbonyl (C=O) groups excluding carboxylic acids is 1. The molecule has 0 saturated carbocycles. The van der Waals surface area contributed by atoms with Crippen molar-refractivity contribution < 1.29 is 19.6 Å². The quantitative estimate of drug-likeness (QED) is 0.540. The minimum atomic E-state index is -1.12. The predicted molar refractivity (Wildman–Crippen MR) is 101 cm³/mol. The van der Waals surface area contributed by atoms with Crippen LogP contribution in [-0.2, 0) is 11.3 Å². The number of imidazole rings is 1. The van der Waals surface area contributed by atoms with Gasteiger partial charge in [0, 0.05) is 48.7 Å². The molecule has 2 rings (SSSR count). The highest BCUT2D eigenvalue weighted by Crippen LogP contribution is 2.20. The number of hydrogen-bond donors (Lipinski definition) is 1. The molecule has 1 unspecified atom stereocenters. The van der Waals surface area contributed by atoms with E-state index in [0.717, 1.165) is 0 Å². The normalized spacial score (nSPS) is 18.2. The van der Waals surface area contributed by atoms with Gasteiger partial charge < -0.3 is 24.9 Å². The molecular weight excluding hydrogens is 422 g/mol. The van der Waals surface area contributed by atoms with Gasteiger partial charge in [0.1, 0.15) is 11.8 Å². The number of halogens is 1. The van der Waals surface area contributed by atoms with Crippen molar-refractivity contribution >= 4 is 27.8 Å². The Morgan fingerprint density at radius 3 is 2.37 bits per heavy atom. The van der Waals surface area contributed by atoms with Gasteiger partial charge in [0.05, 0.1) is 12.1 Å². The Morgan fingerprint density at radius 1 is 1.30 bits per heavy atom. The summed E-state index contributed by atoms with van der Waals surface area (Å²) in [5.74, 6) is -0.274. The fraction of sp³-hybridized carbons (Fsp3) is 0.750. The van der Waals surface area contributed by atoms with Gasteiger partial charge in [0.2, 0.25) is 0 Å². The third-order valence-corrected chi connectivity index (χ3v) is 4.63. The molecule has 2 heterocycles. The van der Waals surface area contributed by atoms with Gasteiger partial charge in [-0.25, -0.2) is 4.79 Å². The molecule has 0 bridgehead atoms. The Morgan fingerprint density at radius 2 is 1.89 bits per heavy atom. The molecule has 11 heteroatoms. The number of hydrogen-bond acceptors (Lipinski definition) is 7. The van der Waals surface area contributed by atoms with Gasteiger partial charge >= 0.3 is 11.9 Å². The highest BCUT2D eigenvalue weighted by atomic mass is 79.9. The van der Waals surface area contributed by atoms with E-state index in [2.05, 4.69) is 25.8 Å². The SMILES string of the molecule is CC(O)(CN1CCN(C(=O)OC(C)(C)C)CC1)Cn1cc([N+](=O)[O-])nc1Br. The molecule has 1 aromatic rings. The van der Waals surface area contributed by atoms with Gasteiger partial charge in [-0.05, 0) is 37.6 Å². The molecule has 1 aliphatic rings. The first-order chi connectivity index (χ1) is 12.4. The minimum Gasteiger partial charge on any atom is -0.444 e. The number of ether oxygens (including phenoxy) is 1. The first-order valence-electron chi connectivity index (χ1n) is 8.66. The van der Waals surface area contributed by atoms with Crippen LogP contribution in [0, 0.1) is 10.1 Å². The zero-order valence-corrected chi connectivity index (χ0v) is 17.6. The summed E-state index contributed by atoms with van der Waals surface area (Å²) >= 11 is 3.18. The topological polar surface area (TPSA) is 114 Å². The minimum absolute atomic E-state index is 0.153. The van der Waals surface area contributed by atoms with E-state index < -0.39 is 16.1 Å². The number of β-amino-alcohol motifs (C(OH)–C–C–N with tert-alkyl or cyclic N) is 1. The highest BCUT2D eigenvalue weighted by molar-refractivity contribution is 9.10. The lowest BCUT2D eigenvalue weighted by molar-refractivity contribution is -0.389. The van der Waals surface area contributed by atoms with Crippen molar-refractivity contribution in [1.29, 1.82) is 0 Å². The molecule has 1 aliphatic heterocycles. The third kappa shape index (κ3) is 6.43. The van der Waals surface area contributed by atoms with E-state index in [1.54, 1.807) is 11.8 Å². The van der Waals surface area contributed by atoms with E-state index in [1.165, 1.54) is 10.8 Å². The maximum absolute atomic E-state index is 12.1. The molecule has 10 nitrogen and oxygen atoms in total. The molecule has 27 heavy (non-hydrogen) atoms. The number of amides is 1. The zero-order valence-electron chi connectivity index (χ0n) is 16.0. The second-order valence-electron chi connectivity index (χ2n) is 7.99. The van der Waals surface area contributed by atoms with Crippen LogP contribution in [-0.4, -0.2) is 79.4 Å². The van der Waals surface area contributed by atoms with Crippen LogP contribution >= 0.6 is 15.9 Å². The Kier molecular flexibility index (Phi) is 6.48. The molecule has 0 spiro atoms. The Hall–Kier alpha value is -1.72. The van der Waals surface area contributed by atoms with Crippen LogP contribution in [0.15, 0.2) is 10.9 Å². The maximum atomic E-state index is 12.1. The van der Waals surface area contributed by atoms with Crippen LogP contribution in [0.2, 0.25) is 0 Å². The lowest BCUT2D eigenvalue weighted by Gasteiger charge is -2.38. The molecule has 1 aromatic heterocycles. The van der Waals surface area contributed by atoms with E-state index in [0.29, 0.717) is 37.5 Å². The van der Waals surface area contributed by atoms with Gasteiger partial charge in [0.25, 0.3) is 4.73 Å². The van der Waals surface area contributed by atoms with Crippen LogP contribution in [0.4, 0.5) is 10.6 Å². The largest absolute Gasteiger partial charge is 0.444 e. The summed E-state index contributed by atoms with van der Waals surface area (Å²) in [6.45, 7) is 9.95. The smallest absolute Gasteiger partial charge is 0.410 e. The molecule has 1 saturated heterocycles. The summed E-state index contributed by atoms with van der Waals surface area (Å²) in [6, 6.07) is 0. The van der Waals surface area contributed by atoms with E-state index in [1.807, 2.05) is 20.8 Å². The van der Waals surface area contributed by atoms with E-state index in [4.69, 9.17) is 4.74 Å². The molecule has 1 fully saturated rings. The van der Waals surface area contributed by atoms with E-state index >= 15 is 0 Å². The molecule has 1 N–H and O–H groups in total. The molecule has 152 valence electrons. The van der Waals surface area contributed by atoms with Crippen molar-refractivity contribution in [2.24, 2.45) is 0 Å². The Labute approximate surface area is 166 Å². The lowest BCUT2D eigenvalue weighted by atomic mass is 10.1. The van der Waals surface area contributed by atoms with Gasteiger partial charge in [-0.15, -0.1) is 0 Å². The fourth-order valence-corrected chi connectivity index (χ4v) is 3.30.